The average Bonchev–Trinajstić information content (AvgIpc) is 3.87. The standard InChI is InChI=1S/C19H20N4O2.C19H20N4OS.CH4/c1-9-18(11(3)23(5)21-9)15-6-13(19-10(2)22-25-12(19)4)7-16-14(15)8-17(24)20-16;1-9-18(11(3)23(5)21-9)15-6-13(19-10(2)22-24-12(19)4)7-16-14(15)8-17(25)20-16;/h6-7H,8H2,1-5H3,(H,20,24);6-7H,8H2,1-5H3,(H,20,25);1H4. The van der Waals surface area contributed by atoms with Gasteiger partial charge < -0.3 is 19.7 Å². The molecule has 2 aliphatic rings. The van der Waals surface area contributed by atoms with Crippen molar-refractivity contribution < 1.29 is 13.8 Å². The lowest BCUT2D eigenvalue weighted by Gasteiger charge is -2.12. The largest absolute Gasteiger partial charge is 0.361 e. The van der Waals surface area contributed by atoms with Gasteiger partial charge in [0.05, 0.1) is 34.2 Å². The summed E-state index contributed by atoms with van der Waals surface area (Å²) in [6.07, 6.45) is 1.15. The van der Waals surface area contributed by atoms with Crippen LogP contribution in [0.4, 0.5) is 11.4 Å². The molecule has 12 heteroatoms. The number of hydrogen-bond acceptors (Lipinski definition) is 8. The molecule has 0 spiro atoms. The van der Waals surface area contributed by atoms with Crippen molar-refractivity contribution in [1.82, 2.24) is 29.9 Å². The second-order valence-electron chi connectivity index (χ2n) is 13.3. The normalized spacial score (nSPS) is 13.0. The van der Waals surface area contributed by atoms with Crippen molar-refractivity contribution in [3.63, 3.8) is 0 Å². The summed E-state index contributed by atoms with van der Waals surface area (Å²) in [6.45, 7) is 16.0. The number of fused-ring (bicyclic) bond motifs is 2. The summed E-state index contributed by atoms with van der Waals surface area (Å²) < 4.78 is 14.5. The molecule has 4 aromatic heterocycles. The molecule has 0 fully saturated rings. The molecular formula is C39H44N8O3S. The molecule has 0 unspecified atom stereocenters. The van der Waals surface area contributed by atoms with Gasteiger partial charge in [-0.05, 0) is 113 Å². The lowest BCUT2D eigenvalue weighted by atomic mass is 9.91. The van der Waals surface area contributed by atoms with E-state index in [1.54, 1.807) is 0 Å². The predicted molar refractivity (Wildman–Crippen MR) is 205 cm³/mol. The van der Waals surface area contributed by atoms with Gasteiger partial charge in [-0.25, -0.2) is 0 Å². The van der Waals surface area contributed by atoms with Crippen LogP contribution in [0.15, 0.2) is 33.3 Å². The summed E-state index contributed by atoms with van der Waals surface area (Å²) in [4.78, 5) is 12.9. The minimum atomic E-state index is 0. The molecule has 264 valence electrons. The summed E-state index contributed by atoms with van der Waals surface area (Å²) in [5.74, 6) is 1.61. The molecule has 0 saturated heterocycles. The van der Waals surface area contributed by atoms with E-state index in [1.165, 1.54) is 16.7 Å². The predicted octanol–water partition coefficient (Wildman–Crippen LogP) is 8.38. The van der Waals surface area contributed by atoms with Gasteiger partial charge in [0.2, 0.25) is 5.91 Å². The van der Waals surface area contributed by atoms with E-state index in [0.29, 0.717) is 6.42 Å². The van der Waals surface area contributed by atoms with Gasteiger partial charge in [-0.15, -0.1) is 0 Å². The first-order chi connectivity index (χ1) is 23.7. The van der Waals surface area contributed by atoms with E-state index < -0.39 is 0 Å². The van der Waals surface area contributed by atoms with Crippen LogP contribution in [0, 0.1) is 55.4 Å². The number of hydrogen-bond donors (Lipinski definition) is 2. The van der Waals surface area contributed by atoms with Crippen molar-refractivity contribution in [3.8, 4) is 44.5 Å². The third-order valence-electron chi connectivity index (χ3n) is 9.92. The second-order valence-corrected chi connectivity index (χ2v) is 13.8. The number of benzene rings is 2. The Balaban J connectivity index is 0.000000172. The Kier molecular flexibility index (Phi) is 9.09. The minimum Gasteiger partial charge on any atom is -0.361 e. The molecule has 0 saturated carbocycles. The smallest absolute Gasteiger partial charge is 0.228 e. The van der Waals surface area contributed by atoms with Gasteiger partial charge in [0.15, 0.2) is 0 Å². The van der Waals surface area contributed by atoms with E-state index in [-0.39, 0.29) is 13.3 Å². The fourth-order valence-electron chi connectivity index (χ4n) is 7.51. The van der Waals surface area contributed by atoms with Crippen LogP contribution in [-0.2, 0) is 31.7 Å². The van der Waals surface area contributed by atoms with Crippen LogP contribution in [0.3, 0.4) is 0 Å². The number of aromatic nitrogens is 6. The highest BCUT2D eigenvalue weighted by atomic mass is 32.1. The third kappa shape index (κ3) is 5.97. The van der Waals surface area contributed by atoms with E-state index in [1.807, 2.05) is 64.1 Å². The van der Waals surface area contributed by atoms with Gasteiger partial charge in [-0.2, -0.15) is 10.2 Å². The Labute approximate surface area is 303 Å². The Hall–Kier alpha value is -5.36. The fraction of sp³-hybridized carbons (Fsp3) is 0.333. The Morgan fingerprint density at radius 1 is 0.627 bits per heavy atom. The van der Waals surface area contributed by atoms with Crippen LogP contribution in [-0.4, -0.2) is 40.8 Å². The Morgan fingerprint density at radius 2 is 1.06 bits per heavy atom. The van der Waals surface area contributed by atoms with Gasteiger partial charge >= 0.3 is 0 Å². The number of aryl methyl sites for hydroxylation is 8. The topological polar surface area (TPSA) is 129 Å². The van der Waals surface area contributed by atoms with Crippen LogP contribution >= 0.6 is 12.2 Å². The number of anilines is 2. The average molecular weight is 705 g/mol. The highest BCUT2D eigenvalue weighted by molar-refractivity contribution is 7.80. The highest BCUT2D eigenvalue weighted by Gasteiger charge is 2.28. The van der Waals surface area contributed by atoms with E-state index in [2.05, 4.69) is 70.1 Å². The Morgan fingerprint density at radius 3 is 1.45 bits per heavy atom. The van der Waals surface area contributed by atoms with E-state index in [4.69, 9.17) is 21.3 Å². The fourth-order valence-corrected chi connectivity index (χ4v) is 7.76. The molecule has 51 heavy (non-hydrogen) atoms. The van der Waals surface area contributed by atoms with Crippen molar-refractivity contribution in [2.45, 2.75) is 75.7 Å². The van der Waals surface area contributed by atoms with Gasteiger partial charge in [0, 0.05) is 65.5 Å². The molecule has 0 radical (unpaired) electrons. The lowest BCUT2D eigenvalue weighted by molar-refractivity contribution is -0.115. The third-order valence-corrected chi connectivity index (χ3v) is 10.2. The minimum absolute atomic E-state index is 0. The second kappa shape index (κ2) is 13.1. The first-order valence-corrected chi connectivity index (χ1v) is 16.9. The highest BCUT2D eigenvalue weighted by Crippen LogP contribution is 2.43. The van der Waals surface area contributed by atoms with Crippen LogP contribution in [0.2, 0.25) is 0 Å². The molecule has 8 rings (SSSR count). The first kappa shape index (κ1) is 35.5. The first-order valence-electron chi connectivity index (χ1n) is 16.5. The molecule has 0 atom stereocenters. The lowest BCUT2D eigenvalue weighted by Crippen LogP contribution is -2.03. The summed E-state index contributed by atoms with van der Waals surface area (Å²) in [6, 6.07) is 8.50. The summed E-state index contributed by atoms with van der Waals surface area (Å²) in [5, 5.41) is 23.6. The van der Waals surface area contributed by atoms with E-state index in [0.717, 1.165) is 107 Å². The quantitative estimate of drug-likeness (QED) is 0.174. The van der Waals surface area contributed by atoms with Crippen molar-refractivity contribution in [3.05, 3.63) is 81.1 Å². The van der Waals surface area contributed by atoms with Crippen LogP contribution in [0.5, 0.6) is 0 Å². The van der Waals surface area contributed by atoms with Gasteiger partial charge in [0.1, 0.15) is 11.5 Å². The number of carbonyl (C=O) groups is 1. The number of amides is 1. The molecule has 0 aliphatic carbocycles. The maximum Gasteiger partial charge on any atom is 0.228 e. The van der Waals surface area contributed by atoms with Crippen molar-refractivity contribution >= 4 is 34.5 Å². The maximum absolute atomic E-state index is 12.0. The number of carbonyl (C=O) groups excluding carboxylic acids is 1. The summed E-state index contributed by atoms with van der Waals surface area (Å²) in [7, 11) is 3.92. The monoisotopic (exact) mass is 704 g/mol. The van der Waals surface area contributed by atoms with Gasteiger partial charge in [0.25, 0.3) is 0 Å². The molecule has 6 aromatic rings. The SMILES string of the molecule is C.Cc1noc(C)c1-c1cc2c(c(-c3c(C)nn(C)c3C)c1)CC(=O)N2.Cc1noc(C)c1-c1cc2c(c(-c3c(C)nn(C)c3C)c1)CC(=S)N2. The zero-order valence-electron chi connectivity index (χ0n) is 30.0. The number of nitrogens with zero attached hydrogens (tertiary/aromatic N) is 6. The van der Waals surface area contributed by atoms with E-state index >= 15 is 0 Å². The molecule has 0 bridgehead atoms. The van der Waals surface area contributed by atoms with Crippen LogP contribution in [0.1, 0.15) is 64.2 Å². The molecule has 2 aliphatic heterocycles. The van der Waals surface area contributed by atoms with Crippen molar-refractivity contribution in [1.29, 1.82) is 0 Å². The molecule has 11 nitrogen and oxygen atoms in total. The van der Waals surface area contributed by atoms with Crippen molar-refractivity contribution in [2.75, 3.05) is 10.6 Å². The number of nitrogens with one attached hydrogen (secondary N) is 2. The summed E-state index contributed by atoms with van der Waals surface area (Å²) in [5.41, 5.74) is 18.7. The van der Waals surface area contributed by atoms with Crippen LogP contribution in [0.25, 0.3) is 44.5 Å². The van der Waals surface area contributed by atoms with Crippen LogP contribution < -0.4 is 10.6 Å². The molecule has 2 N–H and O–H groups in total. The summed E-state index contributed by atoms with van der Waals surface area (Å²) >= 11 is 5.44. The molecule has 1 amide bonds. The number of thiocarbonyl (C=S) groups is 1. The van der Waals surface area contributed by atoms with E-state index in [9.17, 15) is 4.79 Å². The Bertz CT molecular complexity index is 2180. The van der Waals surface area contributed by atoms with Gasteiger partial charge in [-0.3, -0.25) is 14.2 Å². The molecule has 2 aromatic carbocycles. The number of rotatable bonds is 4. The molecular weight excluding hydrogens is 661 g/mol. The maximum atomic E-state index is 12.0. The molecule has 6 heterocycles. The zero-order chi connectivity index (χ0) is 35.8. The van der Waals surface area contributed by atoms with Gasteiger partial charge in [-0.1, -0.05) is 30.0 Å². The zero-order valence-corrected chi connectivity index (χ0v) is 30.9. The van der Waals surface area contributed by atoms with Crippen molar-refractivity contribution in [2.24, 2.45) is 14.1 Å².